The number of fused-ring (bicyclic) bond motifs is 1. The smallest absolute Gasteiger partial charge is 0.258 e. The van der Waals surface area contributed by atoms with Crippen LogP contribution >= 0.6 is 0 Å². The molecule has 2 atom stereocenters. The Labute approximate surface area is 187 Å². The monoisotopic (exact) mass is 433 g/mol. The first-order valence-corrected chi connectivity index (χ1v) is 10.8. The molecular formula is C25H27N3O4. The Bertz CT molecular complexity index is 1130. The fourth-order valence-corrected chi connectivity index (χ4v) is 4.00. The Hall–Kier alpha value is -3.18. The fourth-order valence-electron chi connectivity index (χ4n) is 4.00. The molecule has 0 bridgehead atoms. The zero-order chi connectivity index (χ0) is 22.7. The summed E-state index contributed by atoms with van der Waals surface area (Å²) in [7, 11) is 0. The fraction of sp³-hybridized carbons (Fsp3) is 0.360. The molecule has 0 saturated heterocycles. The van der Waals surface area contributed by atoms with Gasteiger partial charge >= 0.3 is 0 Å². The van der Waals surface area contributed by atoms with Gasteiger partial charge in [-0.1, -0.05) is 29.3 Å². The largest absolute Gasteiger partial charge is 0.490 e. The second-order valence-electron chi connectivity index (χ2n) is 8.15. The molecule has 1 aromatic heterocycles. The second kappa shape index (κ2) is 9.53. The van der Waals surface area contributed by atoms with Crippen LogP contribution < -0.4 is 10.1 Å². The first-order valence-electron chi connectivity index (χ1n) is 10.8. The number of aliphatic hydroxyl groups excluding tert-OH is 2. The van der Waals surface area contributed by atoms with Crippen molar-refractivity contribution in [1.29, 1.82) is 0 Å². The van der Waals surface area contributed by atoms with Crippen molar-refractivity contribution in [2.45, 2.75) is 44.9 Å². The summed E-state index contributed by atoms with van der Waals surface area (Å²) in [4.78, 5) is 4.63. The Morgan fingerprint density at radius 2 is 2.16 bits per heavy atom. The maximum Gasteiger partial charge on any atom is 0.258 e. The highest BCUT2D eigenvalue weighted by Gasteiger charge is 2.26. The van der Waals surface area contributed by atoms with E-state index in [1.54, 1.807) is 0 Å². The predicted molar refractivity (Wildman–Crippen MR) is 121 cm³/mol. The van der Waals surface area contributed by atoms with Gasteiger partial charge in [0.2, 0.25) is 5.82 Å². The molecule has 1 aliphatic rings. The number of aromatic nitrogens is 2. The van der Waals surface area contributed by atoms with Crippen LogP contribution in [0.15, 0.2) is 40.9 Å². The van der Waals surface area contributed by atoms with Crippen molar-refractivity contribution in [1.82, 2.24) is 15.5 Å². The van der Waals surface area contributed by atoms with Crippen molar-refractivity contribution in [3.8, 4) is 40.9 Å². The summed E-state index contributed by atoms with van der Waals surface area (Å²) in [5.74, 6) is 4.23. The van der Waals surface area contributed by atoms with Crippen LogP contribution in [0.5, 0.6) is 5.75 Å². The van der Waals surface area contributed by atoms with Crippen LogP contribution in [-0.2, 0) is 6.42 Å². The number of nitrogens with zero attached hydrogens (tertiary/aromatic N) is 2. The van der Waals surface area contributed by atoms with E-state index in [0.717, 1.165) is 29.5 Å². The first-order chi connectivity index (χ1) is 15.5. The average molecular weight is 434 g/mol. The van der Waals surface area contributed by atoms with E-state index in [1.807, 2.05) is 44.2 Å². The Kier molecular flexibility index (Phi) is 6.56. The summed E-state index contributed by atoms with van der Waals surface area (Å²) in [5, 5.41) is 26.2. The van der Waals surface area contributed by atoms with Crippen molar-refractivity contribution < 1.29 is 19.5 Å². The molecule has 3 N–H and O–H groups in total. The molecule has 0 amide bonds. The SMILES string of the molecule is C#Cc1cc(-c2nc(-c3cccc4c3CCC4NCC(O)CO)no2)ccc1OC(C)C. The molecule has 0 radical (unpaired) electrons. The lowest BCUT2D eigenvalue weighted by atomic mass is 10.0. The molecule has 0 saturated carbocycles. The zero-order valence-corrected chi connectivity index (χ0v) is 18.2. The van der Waals surface area contributed by atoms with E-state index < -0.39 is 6.10 Å². The topological polar surface area (TPSA) is 101 Å². The van der Waals surface area contributed by atoms with Gasteiger partial charge in [0.05, 0.1) is 24.4 Å². The van der Waals surface area contributed by atoms with Gasteiger partial charge in [-0.2, -0.15) is 4.98 Å². The van der Waals surface area contributed by atoms with Crippen LogP contribution in [0.3, 0.4) is 0 Å². The van der Waals surface area contributed by atoms with Gasteiger partial charge in [0.25, 0.3) is 5.89 Å². The van der Waals surface area contributed by atoms with Gasteiger partial charge in [0.15, 0.2) is 0 Å². The molecule has 2 aromatic carbocycles. The van der Waals surface area contributed by atoms with Crippen LogP contribution in [0.2, 0.25) is 0 Å². The Balaban J connectivity index is 1.59. The van der Waals surface area contributed by atoms with E-state index in [1.165, 1.54) is 5.56 Å². The van der Waals surface area contributed by atoms with Crippen molar-refractivity contribution in [2.24, 2.45) is 0 Å². The molecule has 166 valence electrons. The van der Waals surface area contributed by atoms with E-state index in [0.29, 0.717) is 29.6 Å². The summed E-state index contributed by atoms with van der Waals surface area (Å²) >= 11 is 0. The van der Waals surface area contributed by atoms with Crippen molar-refractivity contribution in [2.75, 3.05) is 13.2 Å². The highest BCUT2D eigenvalue weighted by molar-refractivity contribution is 5.67. The van der Waals surface area contributed by atoms with Gasteiger partial charge < -0.3 is 24.8 Å². The highest BCUT2D eigenvalue weighted by Crippen LogP contribution is 2.37. The molecule has 1 aliphatic carbocycles. The molecule has 2 unspecified atom stereocenters. The molecule has 32 heavy (non-hydrogen) atoms. The van der Waals surface area contributed by atoms with Gasteiger partial charge in [-0.15, -0.1) is 6.42 Å². The molecule has 4 rings (SSSR count). The number of hydrogen-bond donors (Lipinski definition) is 3. The summed E-state index contributed by atoms with van der Waals surface area (Å²) in [6, 6.07) is 11.7. The molecule has 7 heteroatoms. The lowest BCUT2D eigenvalue weighted by molar-refractivity contribution is 0.0919. The van der Waals surface area contributed by atoms with Crippen molar-refractivity contribution in [3.63, 3.8) is 0 Å². The summed E-state index contributed by atoms with van der Waals surface area (Å²) in [6.45, 7) is 3.98. The van der Waals surface area contributed by atoms with Gasteiger partial charge in [-0.3, -0.25) is 0 Å². The van der Waals surface area contributed by atoms with E-state index in [9.17, 15) is 5.11 Å². The first kappa shape index (κ1) is 22.0. The highest BCUT2D eigenvalue weighted by atomic mass is 16.5. The molecule has 7 nitrogen and oxygen atoms in total. The minimum Gasteiger partial charge on any atom is -0.490 e. The van der Waals surface area contributed by atoms with Crippen LogP contribution in [-0.4, -0.2) is 45.7 Å². The Morgan fingerprint density at radius 1 is 1.31 bits per heavy atom. The number of terminal acetylenes is 1. The number of nitrogens with one attached hydrogen (secondary N) is 1. The van der Waals surface area contributed by atoms with E-state index in [2.05, 4.69) is 27.4 Å². The lowest BCUT2D eigenvalue weighted by Crippen LogP contribution is -2.31. The average Bonchev–Trinajstić information content (AvgIpc) is 3.44. The minimum absolute atomic E-state index is 0.0216. The molecule has 1 heterocycles. The van der Waals surface area contributed by atoms with Crippen molar-refractivity contribution >= 4 is 0 Å². The number of aliphatic hydroxyl groups is 2. The summed E-state index contributed by atoms with van der Waals surface area (Å²) in [5.41, 5.74) is 4.62. The second-order valence-corrected chi connectivity index (χ2v) is 8.15. The van der Waals surface area contributed by atoms with E-state index in [4.69, 9.17) is 20.8 Å². The third-order valence-corrected chi connectivity index (χ3v) is 5.49. The van der Waals surface area contributed by atoms with Gasteiger partial charge in [-0.05, 0) is 56.0 Å². The molecule has 0 spiro atoms. The number of hydrogen-bond acceptors (Lipinski definition) is 7. The van der Waals surface area contributed by atoms with E-state index in [-0.39, 0.29) is 18.8 Å². The normalized spacial score (nSPS) is 16.1. The standard InChI is InChI=1S/C25H27N3O4/c1-4-16-12-17(8-11-23(16)31-15(2)3)25-27-24(28-32-25)21-7-5-6-20-19(21)9-10-22(20)26-13-18(30)14-29/h1,5-8,11-12,15,18,22,26,29-30H,9-10,13-14H2,2-3H3. The number of ether oxygens (including phenoxy) is 1. The third-order valence-electron chi connectivity index (χ3n) is 5.49. The summed E-state index contributed by atoms with van der Waals surface area (Å²) in [6.07, 6.45) is 6.68. The third kappa shape index (κ3) is 4.53. The predicted octanol–water partition coefficient (Wildman–Crippen LogP) is 3.10. The Morgan fingerprint density at radius 3 is 2.91 bits per heavy atom. The number of rotatable bonds is 8. The quantitative estimate of drug-likeness (QED) is 0.469. The lowest BCUT2D eigenvalue weighted by Gasteiger charge is -2.16. The van der Waals surface area contributed by atoms with Crippen LogP contribution in [0, 0.1) is 12.3 Å². The molecule has 0 aliphatic heterocycles. The van der Waals surface area contributed by atoms with Gasteiger partial charge in [0.1, 0.15) is 5.75 Å². The molecule has 3 aromatic rings. The van der Waals surface area contributed by atoms with Crippen LogP contribution in [0.4, 0.5) is 0 Å². The molecular weight excluding hydrogens is 406 g/mol. The summed E-state index contributed by atoms with van der Waals surface area (Å²) < 4.78 is 11.3. The number of benzene rings is 2. The minimum atomic E-state index is -0.771. The maximum absolute atomic E-state index is 9.64. The maximum atomic E-state index is 9.64. The molecule has 0 fully saturated rings. The van der Waals surface area contributed by atoms with Gasteiger partial charge in [0, 0.05) is 23.7 Å². The van der Waals surface area contributed by atoms with E-state index >= 15 is 0 Å². The van der Waals surface area contributed by atoms with Crippen molar-refractivity contribution in [3.05, 3.63) is 53.1 Å². The van der Waals surface area contributed by atoms with Crippen LogP contribution in [0.25, 0.3) is 22.8 Å². The zero-order valence-electron chi connectivity index (χ0n) is 18.2. The van der Waals surface area contributed by atoms with Crippen LogP contribution in [0.1, 0.15) is 43.0 Å². The van der Waals surface area contributed by atoms with Gasteiger partial charge in [-0.25, -0.2) is 0 Å².